The Kier molecular flexibility index (Phi) is 3.60. The van der Waals surface area contributed by atoms with E-state index in [0.29, 0.717) is 0 Å². The Balaban J connectivity index is 3.40. The third kappa shape index (κ3) is 3.75. The second-order valence-electron chi connectivity index (χ2n) is 2.92. The van der Waals surface area contributed by atoms with E-state index in [4.69, 9.17) is 10.9 Å². The summed E-state index contributed by atoms with van der Waals surface area (Å²) in [6.45, 7) is 0. The largest absolute Gasteiger partial charge is 0.573 e. The highest BCUT2D eigenvalue weighted by atomic mass is 79.9. The number of nitrogens with two attached hydrogens (primary N) is 2. The number of alkyl halides is 3. The highest BCUT2D eigenvalue weighted by molar-refractivity contribution is 9.10. The first kappa shape index (κ1) is 14.1. The SMILES string of the molecule is Nc1cc(OC(F)(F)F)c(Br)c(S(N)(=O)=O)c1. The molecular formula is C7H6BrF3N2O3S. The molecule has 0 saturated carbocycles. The summed E-state index contributed by atoms with van der Waals surface area (Å²) in [5.74, 6) is -0.776. The molecule has 5 nitrogen and oxygen atoms in total. The smallest absolute Gasteiger partial charge is 0.404 e. The van der Waals surface area contributed by atoms with E-state index in [-0.39, 0.29) is 5.69 Å². The van der Waals surface area contributed by atoms with Crippen molar-refractivity contribution in [3.63, 3.8) is 0 Å². The number of hydrogen-bond acceptors (Lipinski definition) is 4. The van der Waals surface area contributed by atoms with Crippen molar-refractivity contribution in [2.75, 3.05) is 5.73 Å². The van der Waals surface area contributed by atoms with Gasteiger partial charge in [-0.05, 0) is 22.0 Å². The maximum atomic E-state index is 12.0. The number of ether oxygens (including phenoxy) is 1. The average molecular weight is 335 g/mol. The molecule has 0 atom stereocenters. The fraction of sp³-hybridized carbons (Fsp3) is 0.143. The topological polar surface area (TPSA) is 95.4 Å². The van der Waals surface area contributed by atoms with E-state index < -0.39 is 31.5 Å². The minimum absolute atomic E-state index is 0.225. The van der Waals surface area contributed by atoms with Crippen LogP contribution >= 0.6 is 15.9 Å². The van der Waals surface area contributed by atoms with Gasteiger partial charge in [0.05, 0.1) is 4.47 Å². The molecule has 0 fully saturated rings. The number of sulfonamides is 1. The van der Waals surface area contributed by atoms with Crippen LogP contribution in [0.2, 0.25) is 0 Å². The van der Waals surface area contributed by atoms with Crippen LogP contribution in [0.3, 0.4) is 0 Å². The monoisotopic (exact) mass is 334 g/mol. The molecule has 10 heteroatoms. The van der Waals surface area contributed by atoms with Gasteiger partial charge in [-0.2, -0.15) is 0 Å². The van der Waals surface area contributed by atoms with Gasteiger partial charge in [0.25, 0.3) is 0 Å². The van der Waals surface area contributed by atoms with Crippen LogP contribution in [0.25, 0.3) is 0 Å². The Morgan fingerprint density at radius 2 is 1.82 bits per heavy atom. The van der Waals surface area contributed by atoms with Crippen LogP contribution in [0.4, 0.5) is 18.9 Å². The Hall–Kier alpha value is -1.00. The number of nitrogen functional groups attached to an aromatic ring is 1. The van der Waals surface area contributed by atoms with Crippen molar-refractivity contribution in [3.05, 3.63) is 16.6 Å². The number of halogens is 4. The van der Waals surface area contributed by atoms with E-state index in [1.807, 2.05) is 0 Å². The number of primary sulfonamides is 1. The molecule has 4 N–H and O–H groups in total. The lowest BCUT2D eigenvalue weighted by molar-refractivity contribution is -0.275. The normalized spacial score (nSPS) is 12.5. The fourth-order valence-corrected chi connectivity index (χ4v) is 2.64. The number of hydrogen-bond donors (Lipinski definition) is 2. The summed E-state index contributed by atoms with van der Waals surface area (Å²) in [6, 6.07) is 1.74. The summed E-state index contributed by atoms with van der Waals surface area (Å²) in [5.41, 5.74) is 5.03. The van der Waals surface area contributed by atoms with Crippen molar-refractivity contribution in [2.24, 2.45) is 5.14 Å². The van der Waals surface area contributed by atoms with Crippen molar-refractivity contribution >= 4 is 31.6 Å². The average Bonchev–Trinajstić information content (AvgIpc) is 2.06. The Morgan fingerprint density at radius 1 is 1.29 bits per heavy atom. The molecular weight excluding hydrogens is 329 g/mol. The molecule has 1 aromatic rings. The molecule has 96 valence electrons. The lowest BCUT2D eigenvalue weighted by Gasteiger charge is -2.13. The van der Waals surface area contributed by atoms with Gasteiger partial charge < -0.3 is 10.5 Å². The number of rotatable bonds is 2. The van der Waals surface area contributed by atoms with Crippen LogP contribution in [0, 0.1) is 0 Å². The summed E-state index contributed by atoms with van der Waals surface area (Å²) in [4.78, 5) is -0.586. The van der Waals surface area contributed by atoms with Crippen LogP contribution in [0.15, 0.2) is 21.5 Å². The Labute approximate surface area is 103 Å². The molecule has 0 unspecified atom stereocenters. The van der Waals surface area contributed by atoms with Gasteiger partial charge in [0.1, 0.15) is 10.6 Å². The van der Waals surface area contributed by atoms with Gasteiger partial charge in [0.15, 0.2) is 0 Å². The van der Waals surface area contributed by atoms with Crippen LogP contribution in [-0.4, -0.2) is 14.8 Å². The zero-order chi connectivity index (χ0) is 13.4. The molecule has 0 spiro atoms. The Morgan fingerprint density at radius 3 is 2.24 bits per heavy atom. The van der Waals surface area contributed by atoms with Gasteiger partial charge in [0, 0.05) is 11.8 Å². The third-order valence-corrected chi connectivity index (χ3v) is 3.58. The van der Waals surface area contributed by atoms with E-state index in [9.17, 15) is 21.6 Å². The minimum Gasteiger partial charge on any atom is -0.404 e. The number of benzene rings is 1. The van der Waals surface area contributed by atoms with Crippen molar-refractivity contribution in [1.82, 2.24) is 0 Å². The van der Waals surface area contributed by atoms with Gasteiger partial charge in [0.2, 0.25) is 10.0 Å². The molecule has 0 aromatic heterocycles. The maximum absolute atomic E-state index is 12.0. The minimum atomic E-state index is -4.97. The van der Waals surface area contributed by atoms with Crippen molar-refractivity contribution in [1.29, 1.82) is 0 Å². The van der Waals surface area contributed by atoms with Crippen LogP contribution in [0.1, 0.15) is 0 Å². The summed E-state index contributed by atoms with van der Waals surface area (Å²) < 4.78 is 61.4. The first-order valence-corrected chi connectivity index (χ1v) is 6.22. The molecule has 0 saturated heterocycles. The van der Waals surface area contributed by atoms with E-state index in [1.54, 1.807) is 0 Å². The zero-order valence-electron chi connectivity index (χ0n) is 7.95. The molecule has 0 heterocycles. The van der Waals surface area contributed by atoms with E-state index in [1.165, 1.54) is 0 Å². The first-order chi connectivity index (χ1) is 7.50. The lowest BCUT2D eigenvalue weighted by Crippen LogP contribution is -2.19. The van der Waals surface area contributed by atoms with E-state index in [2.05, 4.69) is 20.7 Å². The van der Waals surface area contributed by atoms with Crippen LogP contribution in [0.5, 0.6) is 5.75 Å². The summed E-state index contributed by atoms with van der Waals surface area (Å²) in [7, 11) is -4.21. The maximum Gasteiger partial charge on any atom is 0.573 e. The van der Waals surface area contributed by atoms with E-state index >= 15 is 0 Å². The summed E-state index contributed by atoms with van der Waals surface area (Å²) >= 11 is 2.66. The second kappa shape index (κ2) is 4.35. The predicted octanol–water partition coefficient (Wildman–Crippen LogP) is 1.58. The Bertz CT molecular complexity index is 544. The molecule has 0 bridgehead atoms. The van der Waals surface area contributed by atoms with Gasteiger partial charge >= 0.3 is 6.36 Å². The summed E-state index contributed by atoms with van der Waals surface area (Å²) in [6.07, 6.45) is -4.97. The van der Waals surface area contributed by atoms with Gasteiger partial charge in [-0.25, -0.2) is 13.6 Å². The molecule has 0 aliphatic rings. The predicted molar refractivity (Wildman–Crippen MR) is 56.6 cm³/mol. The molecule has 0 aliphatic carbocycles. The van der Waals surface area contributed by atoms with E-state index in [0.717, 1.165) is 12.1 Å². The molecule has 17 heavy (non-hydrogen) atoms. The van der Waals surface area contributed by atoms with Crippen molar-refractivity contribution < 1.29 is 26.3 Å². The highest BCUT2D eigenvalue weighted by Crippen LogP contribution is 2.36. The third-order valence-electron chi connectivity index (χ3n) is 1.56. The van der Waals surface area contributed by atoms with Crippen molar-refractivity contribution in [2.45, 2.75) is 11.3 Å². The molecule has 0 radical (unpaired) electrons. The molecule has 1 rings (SSSR count). The zero-order valence-corrected chi connectivity index (χ0v) is 10.4. The second-order valence-corrected chi connectivity index (χ2v) is 5.25. The standard InChI is InChI=1S/C7H6BrF3N2O3S/c8-6-4(16-7(9,10)11)1-3(12)2-5(6)17(13,14)15/h1-2H,12H2,(H2,13,14,15). The molecule has 0 amide bonds. The lowest BCUT2D eigenvalue weighted by atomic mass is 10.3. The first-order valence-electron chi connectivity index (χ1n) is 3.88. The summed E-state index contributed by atoms with van der Waals surface area (Å²) in [5, 5.41) is 4.81. The molecule has 1 aromatic carbocycles. The van der Waals surface area contributed by atoms with Crippen LogP contribution < -0.4 is 15.6 Å². The van der Waals surface area contributed by atoms with Gasteiger partial charge in [-0.3, -0.25) is 0 Å². The van der Waals surface area contributed by atoms with Gasteiger partial charge in [-0.15, -0.1) is 13.2 Å². The quantitative estimate of drug-likeness (QED) is 0.802. The van der Waals surface area contributed by atoms with Crippen LogP contribution in [-0.2, 0) is 10.0 Å². The molecule has 0 aliphatic heterocycles. The highest BCUT2D eigenvalue weighted by Gasteiger charge is 2.33. The fourth-order valence-electron chi connectivity index (χ4n) is 0.999. The number of anilines is 1. The van der Waals surface area contributed by atoms with Crippen molar-refractivity contribution in [3.8, 4) is 5.75 Å². The van der Waals surface area contributed by atoms with Gasteiger partial charge in [-0.1, -0.05) is 0 Å².